The monoisotopic (exact) mass is 468 g/mol. The lowest BCUT2D eigenvalue weighted by Gasteiger charge is -2.29. The Bertz CT molecular complexity index is 1210. The van der Waals surface area contributed by atoms with Crippen LogP contribution in [0.2, 0.25) is 0 Å². The minimum atomic E-state index is -0.656. The van der Waals surface area contributed by atoms with Crippen molar-refractivity contribution in [1.29, 1.82) is 0 Å². The number of carbonyl (C=O) groups excluding carboxylic acids is 2. The summed E-state index contributed by atoms with van der Waals surface area (Å²) in [5.74, 6) is 0.105. The number of nitrogens with zero attached hydrogens (tertiary/aromatic N) is 4. The summed E-state index contributed by atoms with van der Waals surface area (Å²) in [6.07, 6.45) is 2.88. The lowest BCUT2D eigenvalue weighted by Crippen LogP contribution is -2.38. The number of ether oxygens (including phenoxy) is 1. The summed E-state index contributed by atoms with van der Waals surface area (Å²) in [6, 6.07) is 9.43. The fourth-order valence-corrected chi connectivity index (χ4v) is 4.39. The van der Waals surface area contributed by atoms with Gasteiger partial charge >= 0.3 is 5.97 Å². The number of amides is 1. The molecule has 1 amide bonds. The lowest BCUT2D eigenvalue weighted by atomic mass is 10.0. The van der Waals surface area contributed by atoms with Crippen LogP contribution in [0.5, 0.6) is 0 Å². The number of fused-ring (bicyclic) bond motifs is 1. The van der Waals surface area contributed by atoms with Crippen molar-refractivity contribution in [1.82, 2.24) is 10.1 Å². The molecule has 1 aliphatic rings. The van der Waals surface area contributed by atoms with Crippen LogP contribution in [0.4, 0.5) is 11.4 Å². The van der Waals surface area contributed by atoms with Crippen LogP contribution in [-0.4, -0.2) is 40.1 Å². The highest BCUT2D eigenvalue weighted by atomic mass is 32.2. The van der Waals surface area contributed by atoms with Gasteiger partial charge in [0, 0.05) is 42.4 Å². The number of esters is 1. The number of rotatable bonds is 7. The molecular weight excluding hydrogens is 448 g/mol. The first kappa shape index (κ1) is 22.5. The zero-order chi connectivity index (χ0) is 23.4. The van der Waals surface area contributed by atoms with Gasteiger partial charge in [0.05, 0.1) is 16.2 Å². The molecule has 0 bridgehead atoms. The highest BCUT2D eigenvalue weighted by Crippen LogP contribution is 2.31. The summed E-state index contributed by atoms with van der Waals surface area (Å²) in [5.41, 5.74) is 2.29. The molecule has 3 aromatic rings. The Hall–Kier alpha value is -3.73. The summed E-state index contributed by atoms with van der Waals surface area (Å²) < 4.78 is 10.3. The first-order valence-electron chi connectivity index (χ1n) is 10.2. The first-order valence-corrected chi connectivity index (χ1v) is 11.2. The summed E-state index contributed by atoms with van der Waals surface area (Å²) >= 11 is 1.31. The van der Waals surface area contributed by atoms with Gasteiger partial charge in [0.25, 0.3) is 11.6 Å². The third-order valence-corrected chi connectivity index (χ3v) is 6.08. The van der Waals surface area contributed by atoms with E-state index in [0.717, 1.165) is 11.3 Å². The van der Waals surface area contributed by atoms with Gasteiger partial charge in [0.15, 0.2) is 6.61 Å². The summed E-state index contributed by atoms with van der Waals surface area (Å²) in [7, 11) is 0. The van der Waals surface area contributed by atoms with Gasteiger partial charge in [-0.3, -0.25) is 14.9 Å². The molecule has 0 unspecified atom stereocenters. The standard InChI is InChI=1S/C22H20N4O6S/c1-14-10-16(24-32-14)13-33-21-18(5-2-8-23-21)22(28)31-12-20(27)25-9-3-4-15-11-17(26(29)30)6-7-19(15)25/h2,5-8,10-11H,3-4,9,12-13H2,1H3. The van der Waals surface area contributed by atoms with E-state index in [2.05, 4.69) is 10.1 Å². The average Bonchev–Trinajstić information content (AvgIpc) is 3.25. The molecule has 0 fully saturated rings. The smallest absolute Gasteiger partial charge is 0.341 e. The van der Waals surface area contributed by atoms with Gasteiger partial charge in [0.1, 0.15) is 10.8 Å². The van der Waals surface area contributed by atoms with E-state index < -0.39 is 23.4 Å². The van der Waals surface area contributed by atoms with E-state index in [1.807, 2.05) is 0 Å². The molecule has 1 aromatic carbocycles. The number of carbonyl (C=O) groups is 2. The Morgan fingerprint density at radius 2 is 2.15 bits per heavy atom. The van der Waals surface area contributed by atoms with E-state index in [1.54, 1.807) is 37.4 Å². The van der Waals surface area contributed by atoms with E-state index in [1.165, 1.54) is 28.8 Å². The van der Waals surface area contributed by atoms with Crippen molar-refractivity contribution in [3.8, 4) is 0 Å². The van der Waals surface area contributed by atoms with E-state index in [4.69, 9.17) is 9.26 Å². The summed E-state index contributed by atoms with van der Waals surface area (Å²) in [6.45, 7) is 1.80. The van der Waals surface area contributed by atoms with Gasteiger partial charge in [-0.2, -0.15) is 0 Å². The van der Waals surface area contributed by atoms with Gasteiger partial charge in [-0.1, -0.05) is 16.9 Å². The number of thioether (sulfide) groups is 1. The zero-order valence-corrected chi connectivity index (χ0v) is 18.5. The Balaban J connectivity index is 1.41. The average molecular weight is 468 g/mol. The van der Waals surface area contributed by atoms with Crippen LogP contribution >= 0.6 is 11.8 Å². The van der Waals surface area contributed by atoms with E-state index in [0.29, 0.717) is 41.6 Å². The van der Waals surface area contributed by atoms with E-state index >= 15 is 0 Å². The molecule has 0 atom stereocenters. The Morgan fingerprint density at radius 3 is 2.91 bits per heavy atom. The van der Waals surface area contributed by atoms with Gasteiger partial charge in [-0.25, -0.2) is 9.78 Å². The minimum absolute atomic E-state index is 0.0168. The topological polar surface area (TPSA) is 129 Å². The molecule has 0 saturated heterocycles. The zero-order valence-electron chi connectivity index (χ0n) is 17.7. The number of hydrogen-bond donors (Lipinski definition) is 0. The maximum Gasteiger partial charge on any atom is 0.341 e. The first-order chi connectivity index (χ1) is 15.9. The van der Waals surface area contributed by atoms with Crippen LogP contribution in [0.1, 0.15) is 33.8 Å². The molecule has 0 spiro atoms. The van der Waals surface area contributed by atoms with Crippen molar-refractivity contribution in [2.75, 3.05) is 18.1 Å². The maximum atomic E-state index is 12.8. The number of non-ortho nitro benzene ring substituents is 1. The third-order valence-electron chi connectivity index (χ3n) is 5.04. The minimum Gasteiger partial charge on any atom is -0.452 e. The summed E-state index contributed by atoms with van der Waals surface area (Å²) in [5, 5.41) is 15.4. The van der Waals surface area contributed by atoms with Crippen LogP contribution in [0.3, 0.4) is 0 Å². The van der Waals surface area contributed by atoms with E-state index in [-0.39, 0.29) is 11.3 Å². The van der Waals surface area contributed by atoms with Crippen molar-refractivity contribution in [3.63, 3.8) is 0 Å². The molecule has 0 aliphatic carbocycles. The van der Waals surface area contributed by atoms with Crippen molar-refractivity contribution >= 4 is 35.0 Å². The Labute approximate surface area is 193 Å². The van der Waals surface area contributed by atoms with Crippen molar-refractivity contribution in [2.45, 2.75) is 30.5 Å². The molecule has 33 heavy (non-hydrogen) atoms. The van der Waals surface area contributed by atoms with Gasteiger partial charge in [-0.05, 0) is 43.5 Å². The van der Waals surface area contributed by atoms with Gasteiger partial charge in [0.2, 0.25) is 0 Å². The van der Waals surface area contributed by atoms with Crippen molar-refractivity contribution in [2.24, 2.45) is 0 Å². The fraction of sp³-hybridized carbons (Fsp3) is 0.273. The van der Waals surface area contributed by atoms with Crippen LogP contribution in [0.25, 0.3) is 0 Å². The van der Waals surface area contributed by atoms with Gasteiger partial charge in [-0.15, -0.1) is 0 Å². The van der Waals surface area contributed by atoms with Crippen LogP contribution in [0.15, 0.2) is 52.1 Å². The summed E-state index contributed by atoms with van der Waals surface area (Å²) in [4.78, 5) is 41.8. The number of anilines is 1. The molecule has 0 N–H and O–H groups in total. The number of aromatic nitrogens is 2. The van der Waals surface area contributed by atoms with Crippen LogP contribution in [-0.2, 0) is 21.7 Å². The number of pyridine rings is 1. The van der Waals surface area contributed by atoms with E-state index in [9.17, 15) is 19.7 Å². The second-order valence-corrected chi connectivity index (χ2v) is 8.33. The quantitative estimate of drug-likeness (QED) is 0.220. The molecule has 0 radical (unpaired) electrons. The third kappa shape index (κ3) is 5.20. The maximum absolute atomic E-state index is 12.8. The second-order valence-electron chi connectivity index (χ2n) is 7.37. The van der Waals surface area contributed by atoms with Gasteiger partial charge < -0.3 is 14.2 Å². The molecule has 0 saturated carbocycles. The fourth-order valence-electron chi connectivity index (χ4n) is 3.53. The molecule has 10 nitrogen and oxygen atoms in total. The number of aryl methyl sites for hydroxylation is 2. The van der Waals surface area contributed by atoms with Crippen molar-refractivity contribution < 1.29 is 23.8 Å². The Kier molecular flexibility index (Phi) is 6.68. The number of nitro benzene ring substituents is 1. The number of benzene rings is 1. The SMILES string of the molecule is Cc1cc(CSc2ncccc2C(=O)OCC(=O)N2CCCc3cc([N+](=O)[O-])ccc32)no1. The molecule has 1 aliphatic heterocycles. The molecule has 3 heterocycles. The largest absolute Gasteiger partial charge is 0.452 e. The predicted octanol–water partition coefficient (Wildman–Crippen LogP) is 3.71. The Morgan fingerprint density at radius 1 is 1.30 bits per heavy atom. The number of nitro groups is 1. The second kappa shape index (κ2) is 9.82. The highest BCUT2D eigenvalue weighted by molar-refractivity contribution is 7.98. The van der Waals surface area contributed by atoms with Crippen LogP contribution < -0.4 is 4.90 Å². The lowest BCUT2D eigenvalue weighted by molar-refractivity contribution is -0.384. The molecule has 4 rings (SSSR count). The number of hydrogen-bond acceptors (Lipinski definition) is 9. The van der Waals surface area contributed by atoms with Crippen molar-refractivity contribution in [3.05, 3.63) is 75.3 Å². The molecule has 11 heteroatoms. The molecular formula is C22H20N4O6S. The predicted molar refractivity (Wildman–Crippen MR) is 119 cm³/mol. The molecule has 170 valence electrons. The normalized spacial score (nSPS) is 12.8. The highest BCUT2D eigenvalue weighted by Gasteiger charge is 2.26. The molecule has 2 aromatic heterocycles. The van der Waals surface area contributed by atoms with Crippen LogP contribution in [0, 0.1) is 17.0 Å².